The van der Waals surface area contributed by atoms with Gasteiger partial charge >= 0.3 is 0 Å². The highest BCUT2D eigenvalue weighted by atomic mass is 16.5. The Bertz CT molecular complexity index is 326. The number of hydrogen-bond acceptors (Lipinski definition) is 3. The Labute approximate surface area is 89.2 Å². The number of aryl methyl sites for hydroxylation is 1. The van der Waals surface area contributed by atoms with Gasteiger partial charge in [-0.05, 0) is 37.1 Å². The molecule has 0 bridgehead atoms. The first-order valence-corrected chi connectivity index (χ1v) is 4.92. The number of nitrogens with two attached hydrogens (primary N) is 2. The highest BCUT2D eigenvalue weighted by Crippen LogP contribution is 2.14. The molecule has 1 rings (SSSR count). The summed E-state index contributed by atoms with van der Waals surface area (Å²) in [6.07, 6.45) is 1.86. The van der Waals surface area contributed by atoms with E-state index in [1.54, 1.807) is 6.07 Å². The van der Waals surface area contributed by atoms with Gasteiger partial charge < -0.3 is 16.2 Å². The first-order chi connectivity index (χ1) is 7.22. The molecule has 0 spiro atoms. The second-order valence-corrected chi connectivity index (χ2v) is 3.29. The average Bonchev–Trinajstić information content (AvgIpc) is 2.24. The molecule has 0 aromatic heterocycles. The molecule has 0 heterocycles. The molecular formula is C11H16N2O2. The molecule has 1 aromatic carbocycles. The molecular weight excluding hydrogens is 192 g/mol. The lowest BCUT2D eigenvalue weighted by Gasteiger charge is -2.05. The molecule has 1 amide bonds. The molecule has 0 saturated carbocycles. The van der Waals surface area contributed by atoms with Crippen molar-refractivity contribution in [2.24, 2.45) is 11.5 Å². The molecule has 0 saturated heterocycles. The van der Waals surface area contributed by atoms with Crippen LogP contribution in [0.15, 0.2) is 24.3 Å². The van der Waals surface area contributed by atoms with E-state index in [0.29, 0.717) is 12.3 Å². The predicted molar refractivity (Wildman–Crippen MR) is 58.5 cm³/mol. The van der Waals surface area contributed by atoms with E-state index in [2.05, 4.69) is 0 Å². The van der Waals surface area contributed by atoms with E-state index in [1.807, 2.05) is 18.2 Å². The minimum Gasteiger partial charge on any atom is -0.484 e. The van der Waals surface area contributed by atoms with E-state index in [9.17, 15) is 4.79 Å². The van der Waals surface area contributed by atoms with Crippen molar-refractivity contribution in [3.8, 4) is 5.75 Å². The van der Waals surface area contributed by atoms with Crippen LogP contribution in [0.25, 0.3) is 0 Å². The van der Waals surface area contributed by atoms with Crippen molar-refractivity contribution in [3.63, 3.8) is 0 Å². The molecule has 1 aromatic rings. The SMILES string of the molecule is NCCCc1cccc(OCC(N)=O)c1. The van der Waals surface area contributed by atoms with Crippen molar-refractivity contribution in [1.29, 1.82) is 0 Å². The van der Waals surface area contributed by atoms with Crippen LogP contribution in [0.5, 0.6) is 5.75 Å². The van der Waals surface area contributed by atoms with Crippen LogP contribution in [0.3, 0.4) is 0 Å². The zero-order valence-electron chi connectivity index (χ0n) is 8.61. The Kier molecular flexibility index (Phi) is 4.63. The van der Waals surface area contributed by atoms with Crippen LogP contribution < -0.4 is 16.2 Å². The van der Waals surface area contributed by atoms with Crippen molar-refractivity contribution in [1.82, 2.24) is 0 Å². The number of hydrogen-bond donors (Lipinski definition) is 2. The normalized spacial score (nSPS) is 9.93. The largest absolute Gasteiger partial charge is 0.484 e. The molecule has 0 radical (unpaired) electrons. The number of primary amides is 1. The highest BCUT2D eigenvalue weighted by Gasteiger charge is 1.99. The van der Waals surface area contributed by atoms with Gasteiger partial charge in [-0.2, -0.15) is 0 Å². The van der Waals surface area contributed by atoms with Crippen LogP contribution in [-0.2, 0) is 11.2 Å². The van der Waals surface area contributed by atoms with Gasteiger partial charge in [-0.1, -0.05) is 12.1 Å². The van der Waals surface area contributed by atoms with Crippen LogP contribution >= 0.6 is 0 Å². The molecule has 0 aliphatic rings. The van der Waals surface area contributed by atoms with Crippen LogP contribution in [0.4, 0.5) is 0 Å². The lowest BCUT2D eigenvalue weighted by molar-refractivity contribution is -0.119. The maximum Gasteiger partial charge on any atom is 0.255 e. The van der Waals surface area contributed by atoms with E-state index in [4.69, 9.17) is 16.2 Å². The van der Waals surface area contributed by atoms with E-state index >= 15 is 0 Å². The van der Waals surface area contributed by atoms with Crippen molar-refractivity contribution in [2.45, 2.75) is 12.8 Å². The fraction of sp³-hybridized carbons (Fsp3) is 0.364. The van der Waals surface area contributed by atoms with Crippen LogP contribution in [-0.4, -0.2) is 19.1 Å². The summed E-state index contributed by atoms with van der Waals surface area (Å²) in [5, 5.41) is 0. The second kappa shape index (κ2) is 6.03. The first kappa shape index (κ1) is 11.5. The summed E-state index contributed by atoms with van der Waals surface area (Å²) in [4.78, 5) is 10.5. The number of ether oxygens (including phenoxy) is 1. The van der Waals surface area contributed by atoms with E-state index in [1.165, 1.54) is 0 Å². The Morgan fingerprint density at radius 2 is 2.20 bits per heavy atom. The predicted octanol–water partition coefficient (Wildman–Crippen LogP) is 0.442. The molecule has 4 N–H and O–H groups in total. The van der Waals surface area contributed by atoms with Gasteiger partial charge in [0, 0.05) is 0 Å². The third kappa shape index (κ3) is 4.46. The molecule has 0 atom stereocenters. The zero-order chi connectivity index (χ0) is 11.1. The van der Waals surface area contributed by atoms with Crippen molar-refractivity contribution < 1.29 is 9.53 Å². The lowest BCUT2D eigenvalue weighted by Crippen LogP contribution is -2.20. The number of rotatable bonds is 6. The van der Waals surface area contributed by atoms with E-state index in [-0.39, 0.29) is 6.61 Å². The molecule has 4 heteroatoms. The van der Waals surface area contributed by atoms with Gasteiger partial charge in [-0.25, -0.2) is 0 Å². The van der Waals surface area contributed by atoms with Gasteiger partial charge in [0.25, 0.3) is 5.91 Å². The van der Waals surface area contributed by atoms with Gasteiger partial charge in [0.15, 0.2) is 6.61 Å². The molecule has 0 aliphatic heterocycles. The maximum atomic E-state index is 10.5. The third-order valence-electron chi connectivity index (χ3n) is 1.95. The van der Waals surface area contributed by atoms with E-state index < -0.39 is 5.91 Å². The summed E-state index contributed by atoms with van der Waals surface area (Å²) in [5.41, 5.74) is 11.6. The summed E-state index contributed by atoms with van der Waals surface area (Å²) in [6.45, 7) is 0.590. The average molecular weight is 208 g/mol. The fourth-order valence-corrected chi connectivity index (χ4v) is 1.25. The lowest BCUT2D eigenvalue weighted by atomic mass is 10.1. The molecule has 0 aliphatic carbocycles. The fourth-order valence-electron chi connectivity index (χ4n) is 1.25. The van der Waals surface area contributed by atoms with Crippen molar-refractivity contribution in [3.05, 3.63) is 29.8 Å². The second-order valence-electron chi connectivity index (χ2n) is 3.29. The topological polar surface area (TPSA) is 78.3 Å². The van der Waals surface area contributed by atoms with Crippen LogP contribution in [0.1, 0.15) is 12.0 Å². The Hall–Kier alpha value is -1.55. The molecule has 82 valence electrons. The van der Waals surface area contributed by atoms with Crippen molar-refractivity contribution >= 4 is 5.91 Å². The zero-order valence-corrected chi connectivity index (χ0v) is 8.61. The Balaban J connectivity index is 2.53. The monoisotopic (exact) mass is 208 g/mol. The Morgan fingerprint density at radius 1 is 1.40 bits per heavy atom. The number of benzene rings is 1. The standard InChI is InChI=1S/C11H16N2O2/c12-6-2-4-9-3-1-5-10(7-9)15-8-11(13)14/h1,3,5,7H,2,4,6,8,12H2,(H2,13,14). The summed E-state index contributed by atoms with van der Waals surface area (Å²) in [6, 6.07) is 7.60. The van der Waals surface area contributed by atoms with Crippen LogP contribution in [0, 0.1) is 0 Å². The highest BCUT2D eigenvalue weighted by molar-refractivity contribution is 5.75. The molecule has 0 unspecified atom stereocenters. The van der Waals surface area contributed by atoms with Gasteiger partial charge in [-0.15, -0.1) is 0 Å². The smallest absolute Gasteiger partial charge is 0.255 e. The van der Waals surface area contributed by atoms with Gasteiger partial charge in [0.1, 0.15) is 5.75 Å². The van der Waals surface area contributed by atoms with Gasteiger partial charge in [-0.3, -0.25) is 4.79 Å². The minimum absolute atomic E-state index is 0.0830. The summed E-state index contributed by atoms with van der Waals surface area (Å²) < 4.78 is 5.18. The molecule has 4 nitrogen and oxygen atoms in total. The number of carbonyl (C=O) groups is 1. The first-order valence-electron chi connectivity index (χ1n) is 4.92. The summed E-state index contributed by atoms with van der Waals surface area (Å²) >= 11 is 0. The third-order valence-corrected chi connectivity index (χ3v) is 1.95. The van der Waals surface area contributed by atoms with Gasteiger partial charge in [0.05, 0.1) is 0 Å². The van der Waals surface area contributed by atoms with Gasteiger partial charge in [0.2, 0.25) is 0 Å². The van der Waals surface area contributed by atoms with Crippen LogP contribution in [0.2, 0.25) is 0 Å². The van der Waals surface area contributed by atoms with Crippen molar-refractivity contribution in [2.75, 3.05) is 13.2 Å². The Morgan fingerprint density at radius 3 is 2.87 bits per heavy atom. The number of amides is 1. The quantitative estimate of drug-likeness (QED) is 0.712. The maximum absolute atomic E-state index is 10.5. The molecule has 15 heavy (non-hydrogen) atoms. The summed E-state index contributed by atoms with van der Waals surface area (Å²) in [7, 11) is 0. The minimum atomic E-state index is -0.470. The van der Waals surface area contributed by atoms with E-state index in [0.717, 1.165) is 18.4 Å². The molecule has 0 fully saturated rings. The number of carbonyl (C=O) groups excluding carboxylic acids is 1. The summed E-state index contributed by atoms with van der Waals surface area (Å²) in [5.74, 6) is 0.200.